The summed E-state index contributed by atoms with van der Waals surface area (Å²) in [6, 6.07) is 6.96. The summed E-state index contributed by atoms with van der Waals surface area (Å²) in [5, 5.41) is 0. The van der Waals surface area contributed by atoms with Crippen LogP contribution >= 0.6 is 0 Å². The fourth-order valence-corrected chi connectivity index (χ4v) is 3.02. The third kappa shape index (κ3) is 4.61. The summed E-state index contributed by atoms with van der Waals surface area (Å²) >= 11 is 0. The van der Waals surface area contributed by atoms with Gasteiger partial charge in [-0.05, 0) is 38.1 Å². The highest BCUT2D eigenvalue weighted by molar-refractivity contribution is 5.82. The zero-order chi connectivity index (χ0) is 15.2. The molecule has 116 valence electrons. The lowest BCUT2D eigenvalue weighted by Crippen LogP contribution is -2.42. The van der Waals surface area contributed by atoms with Gasteiger partial charge in [0.05, 0.1) is 6.54 Å². The molecule has 1 aromatic rings. The highest BCUT2D eigenvalue weighted by atomic mass is 19.1. The first-order chi connectivity index (χ1) is 10.1. The van der Waals surface area contributed by atoms with Crippen molar-refractivity contribution in [2.75, 3.05) is 33.2 Å². The molecule has 0 aromatic heterocycles. The van der Waals surface area contributed by atoms with Gasteiger partial charge in [-0.25, -0.2) is 4.39 Å². The lowest BCUT2D eigenvalue weighted by molar-refractivity contribution is -0.120. The third-order valence-electron chi connectivity index (χ3n) is 4.22. The maximum absolute atomic E-state index is 13.6. The second kappa shape index (κ2) is 7.66. The SMILES string of the molecule is CCC1CN(C)CCCN1CC(=O)Cc1ccccc1F. The molecule has 0 N–H and O–H groups in total. The number of likely N-dealkylation sites (N-methyl/N-ethyl adjacent to an activating group) is 1. The second-order valence-corrected chi connectivity index (χ2v) is 5.96. The smallest absolute Gasteiger partial charge is 0.151 e. The Kier molecular flexibility index (Phi) is 5.88. The predicted molar refractivity (Wildman–Crippen MR) is 82.9 cm³/mol. The molecule has 1 aromatic carbocycles. The van der Waals surface area contributed by atoms with E-state index in [2.05, 4.69) is 23.8 Å². The van der Waals surface area contributed by atoms with Crippen molar-refractivity contribution in [3.63, 3.8) is 0 Å². The number of carbonyl (C=O) groups excluding carboxylic acids is 1. The van der Waals surface area contributed by atoms with Crippen molar-refractivity contribution in [2.45, 2.75) is 32.2 Å². The van der Waals surface area contributed by atoms with Gasteiger partial charge in [-0.1, -0.05) is 25.1 Å². The Bertz CT molecular complexity index is 478. The average molecular weight is 292 g/mol. The average Bonchev–Trinajstić information content (AvgIpc) is 2.63. The van der Waals surface area contributed by atoms with Crippen LogP contribution in [-0.2, 0) is 11.2 Å². The van der Waals surface area contributed by atoms with Crippen molar-refractivity contribution in [3.05, 3.63) is 35.6 Å². The van der Waals surface area contributed by atoms with Crippen LogP contribution < -0.4 is 0 Å². The van der Waals surface area contributed by atoms with Crippen LogP contribution in [0.25, 0.3) is 0 Å². The third-order valence-corrected chi connectivity index (χ3v) is 4.22. The van der Waals surface area contributed by atoms with Gasteiger partial charge in [0.25, 0.3) is 0 Å². The van der Waals surface area contributed by atoms with Gasteiger partial charge in [-0.3, -0.25) is 9.69 Å². The molecule has 21 heavy (non-hydrogen) atoms. The number of nitrogens with zero attached hydrogens (tertiary/aromatic N) is 2. The summed E-state index contributed by atoms with van der Waals surface area (Å²) in [6.07, 6.45) is 2.31. The summed E-state index contributed by atoms with van der Waals surface area (Å²) in [5.41, 5.74) is 0.502. The summed E-state index contributed by atoms with van der Waals surface area (Å²) in [6.45, 7) is 5.63. The minimum atomic E-state index is -0.284. The molecule has 0 bridgehead atoms. The molecule has 1 unspecified atom stereocenters. The van der Waals surface area contributed by atoms with Crippen molar-refractivity contribution in [3.8, 4) is 0 Å². The quantitative estimate of drug-likeness (QED) is 0.832. The lowest BCUT2D eigenvalue weighted by atomic mass is 10.1. The standard InChI is InChI=1S/C17H25FN2O/c1-3-15-12-19(2)9-6-10-20(15)13-16(21)11-14-7-4-5-8-17(14)18/h4-5,7-8,15H,3,6,9-13H2,1-2H3. The molecule has 1 saturated heterocycles. The number of carbonyl (C=O) groups is 1. The zero-order valence-corrected chi connectivity index (χ0v) is 13.0. The highest BCUT2D eigenvalue weighted by Gasteiger charge is 2.23. The van der Waals surface area contributed by atoms with Crippen molar-refractivity contribution in [1.29, 1.82) is 0 Å². The molecular formula is C17H25FN2O. The Morgan fingerprint density at radius 3 is 2.81 bits per heavy atom. The van der Waals surface area contributed by atoms with E-state index in [0.717, 1.165) is 32.5 Å². The molecule has 4 heteroatoms. The van der Waals surface area contributed by atoms with E-state index in [1.165, 1.54) is 6.07 Å². The van der Waals surface area contributed by atoms with Gasteiger partial charge in [-0.15, -0.1) is 0 Å². The molecule has 3 nitrogen and oxygen atoms in total. The number of benzene rings is 1. The molecule has 2 rings (SSSR count). The number of halogens is 1. The molecule has 1 fully saturated rings. The van der Waals surface area contributed by atoms with Gasteiger partial charge in [-0.2, -0.15) is 0 Å². The van der Waals surface area contributed by atoms with Crippen molar-refractivity contribution in [1.82, 2.24) is 9.80 Å². The molecule has 1 heterocycles. The van der Waals surface area contributed by atoms with E-state index in [0.29, 0.717) is 18.2 Å². The first kappa shape index (κ1) is 16.1. The van der Waals surface area contributed by atoms with Gasteiger partial charge >= 0.3 is 0 Å². The molecule has 1 aliphatic rings. The fraction of sp³-hybridized carbons (Fsp3) is 0.588. The van der Waals surface area contributed by atoms with E-state index in [-0.39, 0.29) is 18.0 Å². The second-order valence-electron chi connectivity index (χ2n) is 5.96. The van der Waals surface area contributed by atoms with E-state index in [9.17, 15) is 9.18 Å². The van der Waals surface area contributed by atoms with E-state index in [1.807, 2.05) is 0 Å². The van der Waals surface area contributed by atoms with E-state index in [1.54, 1.807) is 18.2 Å². The van der Waals surface area contributed by atoms with Crippen LogP contribution in [0.5, 0.6) is 0 Å². The van der Waals surface area contributed by atoms with E-state index in [4.69, 9.17) is 0 Å². The molecule has 1 atom stereocenters. The monoisotopic (exact) mass is 292 g/mol. The molecule has 0 aliphatic carbocycles. The minimum absolute atomic E-state index is 0.100. The van der Waals surface area contributed by atoms with Crippen LogP contribution in [0.1, 0.15) is 25.3 Å². The molecule has 0 spiro atoms. The van der Waals surface area contributed by atoms with Crippen LogP contribution in [0.2, 0.25) is 0 Å². The van der Waals surface area contributed by atoms with Crippen LogP contribution in [0.3, 0.4) is 0 Å². The van der Waals surface area contributed by atoms with Crippen LogP contribution in [0.15, 0.2) is 24.3 Å². The van der Waals surface area contributed by atoms with Gasteiger partial charge in [0.1, 0.15) is 5.82 Å². The summed E-state index contributed by atoms with van der Waals surface area (Å²) < 4.78 is 13.6. The maximum Gasteiger partial charge on any atom is 0.151 e. The fourth-order valence-electron chi connectivity index (χ4n) is 3.02. The van der Waals surface area contributed by atoms with Crippen molar-refractivity contribution < 1.29 is 9.18 Å². The summed E-state index contributed by atoms with van der Waals surface area (Å²) in [4.78, 5) is 16.9. The number of hydrogen-bond acceptors (Lipinski definition) is 3. The number of ketones is 1. The van der Waals surface area contributed by atoms with Gasteiger partial charge in [0.15, 0.2) is 5.78 Å². The number of rotatable bonds is 5. The highest BCUT2D eigenvalue weighted by Crippen LogP contribution is 2.13. The maximum atomic E-state index is 13.6. The molecular weight excluding hydrogens is 267 g/mol. The Labute approximate surface area is 126 Å². The van der Waals surface area contributed by atoms with Crippen LogP contribution in [0, 0.1) is 5.82 Å². The number of Topliss-reactive ketones (excluding diaryl/α,β-unsaturated/α-hetero) is 1. The van der Waals surface area contributed by atoms with Crippen molar-refractivity contribution >= 4 is 5.78 Å². The van der Waals surface area contributed by atoms with Gasteiger partial charge < -0.3 is 4.90 Å². The first-order valence-electron chi connectivity index (χ1n) is 7.78. The molecule has 0 saturated carbocycles. The normalized spacial score (nSPS) is 21.2. The zero-order valence-electron chi connectivity index (χ0n) is 13.0. The van der Waals surface area contributed by atoms with Crippen molar-refractivity contribution in [2.24, 2.45) is 0 Å². The first-order valence-corrected chi connectivity index (χ1v) is 7.78. The van der Waals surface area contributed by atoms with Gasteiger partial charge in [0, 0.05) is 25.6 Å². The number of hydrogen-bond donors (Lipinski definition) is 0. The van der Waals surface area contributed by atoms with E-state index < -0.39 is 0 Å². The Hall–Kier alpha value is -1.26. The molecule has 0 radical (unpaired) electrons. The van der Waals surface area contributed by atoms with E-state index >= 15 is 0 Å². The van der Waals surface area contributed by atoms with Crippen LogP contribution in [-0.4, -0.2) is 54.9 Å². The summed E-state index contributed by atoms with van der Waals surface area (Å²) in [5.74, 6) is -0.184. The Morgan fingerprint density at radius 2 is 2.10 bits per heavy atom. The Morgan fingerprint density at radius 1 is 1.33 bits per heavy atom. The molecule has 0 amide bonds. The van der Waals surface area contributed by atoms with Crippen LogP contribution in [0.4, 0.5) is 4.39 Å². The van der Waals surface area contributed by atoms with Gasteiger partial charge in [0.2, 0.25) is 0 Å². The summed E-state index contributed by atoms with van der Waals surface area (Å²) in [7, 11) is 2.13. The molecule has 1 aliphatic heterocycles. The minimum Gasteiger partial charge on any atom is -0.305 e. The topological polar surface area (TPSA) is 23.6 Å². The lowest BCUT2D eigenvalue weighted by Gasteiger charge is -2.29. The Balaban J connectivity index is 1.96. The largest absolute Gasteiger partial charge is 0.305 e. The predicted octanol–water partition coefficient (Wildman–Crippen LogP) is 2.35.